The Morgan fingerprint density at radius 1 is 1.59 bits per heavy atom. The molecule has 0 aromatic heterocycles. The van der Waals surface area contributed by atoms with Crippen molar-refractivity contribution in [2.75, 3.05) is 25.6 Å². The van der Waals surface area contributed by atoms with Crippen LogP contribution in [-0.2, 0) is 4.74 Å². The van der Waals surface area contributed by atoms with Gasteiger partial charge in [0.05, 0.1) is 36.1 Å². The van der Waals surface area contributed by atoms with Crippen molar-refractivity contribution < 1.29 is 19.7 Å². The number of aliphatic hydroxyl groups excluding tert-OH is 2. The molecule has 6 heteroatoms. The molecule has 1 aromatic carbocycles. The number of nitrogens with one attached hydrogen (secondary N) is 1. The summed E-state index contributed by atoms with van der Waals surface area (Å²) < 4.78 is 4.62. The summed E-state index contributed by atoms with van der Waals surface area (Å²) in [6.07, 6.45) is -0.920. The smallest absolute Gasteiger partial charge is 0.340 e. The first-order chi connectivity index (χ1) is 8.10. The van der Waals surface area contributed by atoms with E-state index in [0.29, 0.717) is 10.7 Å². The summed E-state index contributed by atoms with van der Waals surface area (Å²) >= 11 is 5.94. The number of anilines is 1. The maximum Gasteiger partial charge on any atom is 0.340 e. The van der Waals surface area contributed by atoms with Crippen molar-refractivity contribution in [3.8, 4) is 0 Å². The number of aliphatic hydroxyl groups is 2. The SMILES string of the molecule is COC(=O)c1cccc(Cl)c1NCC(O)CO. The van der Waals surface area contributed by atoms with Gasteiger partial charge in [-0.25, -0.2) is 4.79 Å². The Balaban J connectivity index is 2.92. The minimum Gasteiger partial charge on any atom is -0.465 e. The van der Waals surface area contributed by atoms with Crippen molar-refractivity contribution in [2.24, 2.45) is 0 Å². The van der Waals surface area contributed by atoms with Gasteiger partial charge in [-0.3, -0.25) is 0 Å². The van der Waals surface area contributed by atoms with Gasteiger partial charge in [0.2, 0.25) is 0 Å². The van der Waals surface area contributed by atoms with Crippen LogP contribution in [0.4, 0.5) is 5.69 Å². The molecule has 0 saturated carbocycles. The van der Waals surface area contributed by atoms with Crippen molar-refractivity contribution in [1.29, 1.82) is 0 Å². The predicted octanol–water partition coefficient (Wildman–Crippen LogP) is 0.892. The highest BCUT2D eigenvalue weighted by molar-refractivity contribution is 6.34. The number of hydrogen-bond acceptors (Lipinski definition) is 5. The molecule has 0 heterocycles. The molecule has 3 N–H and O–H groups in total. The van der Waals surface area contributed by atoms with Crippen LogP contribution in [-0.4, -0.2) is 42.5 Å². The number of carbonyl (C=O) groups is 1. The third-order valence-electron chi connectivity index (χ3n) is 2.14. The van der Waals surface area contributed by atoms with Gasteiger partial charge in [-0.2, -0.15) is 0 Å². The average Bonchev–Trinajstić information content (AvgIpc) is 2.35. The zero-order chi connectivity index (χ0) is 12.8. The Morgan fingerprint density at radius 3 is 2.88 bits per heavy atom. The van der Waals surface area contributed by atoms with Gasteiger partial charge in [-0.1, -0.05) is 17.7 Å². The van der Waals surface area contributed by atoms with Crippen LogP contribution in [0, 0.1) is 0 Å². The van der Waals surface area contributed by atoms with Gasteiger partial charge in [-0.15, -0.1) is 0 Å². The predicted molar refractivity (Wildman–Crippen MR) is 64.4 cm³/mol. The van der Waals surface area contributed by atoms with Gasteiger partial charge in [0, 0.05) is 6.54 Å². The quantitative estimate of drug-likeness (QED) is 0.685. The monoisotopic (exact) mass is 259 g/mol. The largest absolute Gasteiger partial charge is 0.465 e. The van der Waals surface area contributed by atoms with Crippen LogP contribution in [0.5, 0.6) is 0 Å². The van der Waals surface area contributed by atoms with E-state index >= 15 is 0 Å². The van der Waals surface area contributed by atoms with Crippen LogP contribution in [0.25, 0.3) is 0 Å². The molecular weight excluding hydrogens is 246 g/mol. The highest BCUT2D eigenvalue weighted by Gasteiger charge is 2.15. The van der Waals surface area contributed by atoms with Gasteiger partial charge in [-0.05, 0) is 12.1 Å². The molecule has 0 radical (unpaired) electrons. The molecule has 0 saturated heterocycles. The van der Waals surface area contributed by atoms with Gasteiger partial charge < -0.3 is 20.3 Å². The highest BCUT2D eigenvalue weighted by atomic mass is 35.5. The number of ether oxygens (including phenoxy) is 1. The molecule has 0 aliphatic carbocycles. The minimum atomic E-state index is -0.920. The number of benzene rings is 1. The second kappa shape index (κ2) is 6.44. The second-order valence-electron chi connectivity index (χ2n) is 3.37. The molecule has 0 amide bonds. The molecule has 17 heavy (non-hydrogen) atoms. The van der Waals surface area contributed by atoms with Gasteiger partial charge in [0.25, 0.3) is 0 Å². The van der Waals surface area contributed by atoms with Crippen LogP contribution in [0.3, 0.4) is 0 Å². The van der Waals surface area contributed by atoms with E-state index in [2.05, 4.69) is 10.1 Å². The molecule has 94 valence electrons. The third-order valence-corrected chi connectivity index (χ3v) is 2.46. The normalized spacial score (nSPS) is 12.0. The van der Waals surface area contributed by atoms with Gasteiger partial charge in [0.1, 0.15) is 0 Å². The Kier molecular flexibility index (Phi) is 5.21. The van der Waals surface area contributed by atoms with Crippen LogP contribution in [0.1, 0.15) is 10.4 Å². The van der Waals surface area contributed by atoms with Gasteiger partial charge in [0.15, 0.2) is 0 Å². The van der Waals surface area contributed by atoms with Crippen LogP contribution in [0.15, 0.2) is 18.2 Å². The van der Waals surface area contributed by atoms with Crippen molar-refractivity contribution in [1.82, 2.24) is 0 Å². The molecule has 0 fully saturated rings. The standard InChI is InChI=1S/C11H14ClNO4/c1-17-11(16)8-3-2-4-9(12)10(8)13-5-7(15)6-14/h2-4,7,13-15H,5-6H2,1H3. The molecule has 1 atom stereocenters. The molecule has 1 aromatic rings. The molecule has 0 bridgehead atoms. The molecular formula is C11H14ClNO4. The van der Waals surface area contributed by atoms with E-state index in [0.717, 1.165) is 0 Å². The van der Waals surface area contributed by atoms with Crippen LogP contribution < -0.4 is 5.32 Å². The summed E-state index contributed by atoms with van der Waals surface area (Å²) in [5.41, 5.74) is 0.665. The Labute approximate surface area is 104 Å². The fourth-order valence-electron chi connectivity index (χ4n) is 1.27. The molecule has 1 rings (SSSR count). The fourth-order valence-corrected chi connectivity index (χ4v) is 1.51. The van der Waals surface area contributed by atoms with E-state index in [9.17, 15) is 9.90 Å². The van der Waals surface area contributed by atoms with E-state index in [1.165, 1.54) is 7.11 Å². The van der Waals surface area contributed by atoms with Crippen molar-refractivity contribution in [3.05, 3.63) is 28.8 Å². The summed E-state index contributed by atoms with van der Waals surface area (Å²) in [5, 5.41) is 21.1. The maximum absolute atomic E-state index is 11.5. The average molecular weight is 260 g/mol. The molecule has 0 aliphatic heterocycles. The summed E-state index contributed by atoms with van der Waals surface area (Å²) in [5.74, 6) is -0.520. The molecule has 5 nitrogen and oxygen atoms in total. The van der Waals surface area contributed by atoms with Crippen molar-refractivity contribution in [2.45, 2.75) is 6.10 Å². The summed E-state index contributed by atoms with van der Waals surface area (Å²) in [6, 6.07) is 4.80. The number of halogens is 1. The highest BCUT2D eigenvalue weighted by Crippen LogP contribution is 2.26. The van der Waals surface area contributed by atoms with E-state index in [1.807, 2.05) is 0 Å². The van der Waals surface area contributed by atoms with Crippen molar-refractivity contribution >= 4 is 23.3 Å². The number of para-hydroxylation sites is 1. The van der Waals surface area contributed by atoms with Crippen LogP contribution >= 0.6 is 11.6 Å². The minimum absolute atomic E-state index is 0.0875. The lowest BCUT2D eigenvalue weighted by molar-refractivity contribution is 0.0601. The Morgan fingerprint density at radius 2 is 2.29 bits per heavy atom. The number of esters is 1. The lowest BCUT2D eigenvalue weighted by Crippen LogP contribution is -2.24. The van der Waals surface area contributed by atoms with Gasteiger partial charge >= 0.3 is 5.97 Å². The number of carbonyl (C=O) groups excluding carboxylic acids is 1. The lowest BCUT2D eigenvalue weighted by Gasteiger charge is -2.14. The third kappa shape index (κ3) is 3.59. The molecule has 0 spiro atoms. The zero-order valence-corrected chi connectivity index (χ0v) is 10.1. The fraction of sp³-hybridized carbons (Fsp3) is 0.364. The van der Waals surface area contributed by atoms with E-state index in [4.69, 9.17) is 16.7 Å². The van der Waals surface area contributed by atoms with Crippen molar-refractivity contribution in [3.63, 3.8) is 0 Å². The lowest BCUT2D eigenvalue weighted by atomic mass is 10.1. The Hall–Kier alpha value is -1.30. The van der Waals surface area contributed by atoms with E-state index < -0.39 is 12.1 Å². The number of methoxy groups -OCH3 is 1. The van der Waals surface area contributed by atoms with E-state index in [1.54, 1.807) is 18.2 Å². The maximum atomic E-state index is 11.5. The topological polar surface area (TPSA) is 78.8 Å². The number of rotatable bonds is 5. The van der Waals surface area contributed by atoms with Crippen LogP contribution in [0.2, 0.25) is 5.02 Å². The second-order valence-corrected chi connectivity index (χ2v) is 3.78. The van der Waals surface area contributed by atoms with E-state index in [-0.39, 0.29) is 18.7 Å². The molecule has 1 unspecified atom stereocenters. The summed E-state index contributed by atoms with van der Waals surface area (Å²) in [6.45, 7) is -0.283. The molecule has 0 aliphatic rings. The first-order valence-electron chi connectivity index (χ1n) is 4.99. The first-order valence-corrected chi connectivity index (χ1v) is 5.37. The first kappa shape index (κ1) is 13.8. The summed E-state index contributed by atoms with van der Waals surface area (Å²) in [4.78, 5) is 11.5. The Bertz CT molecular complexity index is 397. The summed E-state index contributed by atoms with van der Waals surface area (Å²) in [7, 11) is 1.27. The number of hydrogen-bond donors (Lipinski definition) is 3. The zero-order valence-electron chi connectivity index (χ0n) is 9.31.